The Labute approximate surface area is 112 Å². The number of thioether (sulfide) groups is 1. The molecule has 1 aromatic carbocycles. The van der Waals surface area contributed by atoms with Crippen LogP contribution in [0.1, 0.15) is 16.5 Å². The van der Waals surface area contributed by atoms with Crippen molar-refractivity contribution in [1.29, 1.82) is 0 Å². The zero-order valence-electron chi connectivity index (χ0n) is 9.85. The van der Waals surface area contributed by atoms with Crippen LogP contribution in [0.25, 0.3) is 0 Å². The van der Waals surface area contributed by atoms with Gasteiger partial charge in [-0.25, -0.2) is 0 Å². The highest BCUT2D eigenvalue weighted by Gasteiger charge is 2.40. The van der Waals surface area contributed by atoms with Gasteiger partial charge in [-0.05, 0) is 11.6 Å². The summed E-state index contributed by atoms with van der Waals surface area (Å²) in [5.41, 5.74) is -0.663. The van der Waals surface area contributed by atoms with E-state index in [0.29, 0.717) is 0 Å². The van der Waals surface area contributed by atoms with E-state index in [2.05, 4.69) is 0 Å². The van der Waals surface area contributed by atoms with Gasteiger partial charge in [0.1, 0.15) is 5.37 Å². The van der Waals surface area contributed by atoms with Crippen LogP contribution in [-0.2, 0) is 11.0 Å². The predicted molar refractivity (Wildman–Crippen MR) is 65.4 cm³/mol. The summed E-state index contributed by atoms with van der Waals surface area (Å²) < 4.78 is 38.8. The fourth-order valence-electron chi connectivity index (χ4n) is 2.03. The second kappa shape index (κ2) is 5.42. The summed E-state index contributed by atoms with van der Waals surface area (Å²) in [4.78, 5) is 12.9. The molecule has 0 aromatic heterocycles. The van der Waals surface area contributed by atoms with Gasteiger partial charge >= 0.3 is 6.18 Å². The number of aliphatic hydroxyl groups is 1. The van der Waals surface area contributed by atoms with Gasteiger partial charge in [0.15, 0.2) is 0 Å². The SMILES string of the molecule is O=C1CSC(c2ccccc2C(F)(F)F)N1CCO. The Kier molecular flexibility index (Phi) is 4.05. The van der Waals surface area contributed by atoms with Crippen molar-refractivity contribution < 1.29 is 23.1 Å². The van der Waals surface area contributed by atoms with Crippen molar-refractivity contribution in [1.82, 2.24) is 4.90 Å². The van der Waals surface area contributed by atoms with Gasteiger partial charge in [0, 0.05) is 6.54 Å². The summed E-state index contributed by atoms with van der Waals surface area (Å²) in [6, 6.07) is 5.23. The molecule has 0 saturated carbocycles. The molecule has 1 heterocycles. The molecule has 0 bridgehead atoms. The molecule has 19 heavy (non-hydrogen) atoms. The number of amides is 1. The van der Waals surface area contributed by atoms with Gasteiger partial charge in [-0.1, -0.05) is 18.2 Å². The number of rotatable bonds is 3. The molecule has 0 aliphatic carbocycles. The van der Waals surface area contributed by atoms with Crippen molar-refractivity contribution in [2.75, 3.05) is 18.9 Å². The molecule has 1 atom stereocenters. The fraction of sp³-hybridized carbons (Fsp3) is 0.417. The molecular weight excluding hydrogens is 279 g/mol. The van der Waals surface area contributed by atoms with Crippen LogP contribution in [0.5, 0.6) is 0 Å². The maximum absolute atomic E-state index is 12.9. The topological polar surface area (TPSA) is 40.5 Å². The van der Waals surface area contributed by atoms with Crippen LogP contribution in [0.15, 0.2) is 24.3 Å². The lowest BCUT2D eigenvalue weighted by atomic mass is 10.1. The van der Waals surface area contributed by atoms with E-state index in [1.54, 1.807) is 0 Å². The highest BCUT2D eigenvalue weighted by molar-refractivity contribution is 8.00. The Morgan fingerprint density at radius 1 is 1.37 bits per heavy atom. The Balaban J connectivity index is 2.39. The molecule has 1 N–H and O–H groups in total. The molecule has 7 heteroatoms. The lowest BCUT2D eigenvalue weighted by molar-refractivity contribution is -0.139. The number of β-amino-alcohol motifs (C(OH)–C–C–N with tert-alkyl or cyclic N) is 1. The summed E-state index contributed by atoms with van der Waals surface area (Å²) in [5.74, 6) is -0.113. The smallest absolute Gasteiger partial charge is 0.395 e. The number of aliphatic hydroxyl groups excluding tert-OH is 1. The molecule has 1 aliphatic heterocycles. The fourth-order valence-corrected chi connectivity index (χ4v) is 3.29. The first-order valence-corrected chi connectivity index (χ1v) is 6.68. The lowest BCUT2D eigenvalue weighted by Crippen LogP contribution is -2.31. The van der Waals surface area contributed by atoms with Crippen LogP contribution in [0.2, 0.25) is 0 Å². The minimum atomic E-state index is -4.45. The van der Waals surface area contributed by atoms with E-state index in [1.165, 1.54) is 23.1 Å². The van der Waals surface area contributed by atoms with Crippen LogP contribution in [0, 0.1) is 0 Å². The van der Waals surface area contributed by atoms with E-state index in [0.717, 1.165) is 17.8 Å². The van der Waals surface area contributed by atoms with E-state index < -0.39 is 17.1 Å². The number of carbonyl (C=O) groups is 1. The number of alkyl halides is 3. The van der Waals surface area contributed by atoms with Crippen molar-refractivity contribution in [2.45, 2.75) is 11.6 Å². The van der Waals surface area contributed by atoms with Crippen LogP contribution >= 0.6 is 11.8 Å². The van der Waals surface area contributed by atoms with Crippen LogP contribution in [0.4, 0.5) is 13.2 Å². The molecule has 2 rings (SSSR count). The van der Waals surface area contributed by atoms with E-state index in [9.17, 15) is 18.0 Å². The molecule has 1 saturated heterocycles. The summed E-state index contributed by atoms with van der Waals surface area (Å²) in [5, 5.41) is 8.23. The Bertz CT molecular complexity index is 478. The molecule has 1 amide bonds. The highest BCUT2D eigenvalue weighted by Crippen LogP contribution is 2.43. The predicted octanol–water partition coefficient (Wildman–Crippen LogP) is 2.27. The molecule has 3 nitrogen and oxygen atoms in total. The first kappa shape index (κ1) is 14.2. The number of halogens is 3. The monoisotopic (exact) mass is 291 g/mol. The maximum Gasteiger partial charge on any atom is 0.416 e. The van der Waals surface area contributed by atoms with Crippen LogP contribution in [-0.4, -0.2) is 34.8 Å². The van der Waals surface area contributed by atoms with E-state index >= 15 is 0 Å². The lowest BCUT2D eigenvalue weighted by Gasteiger charge is -2.25. The number of hydrogen-bond donors (Lipinski definition) is 1. The number of nitrogens with zero attached hydrogens (tertiary/aromatic N) is 1. The van der Waals surface area contributed by atoms with Gasteiger partial charge in [-0.15, -0.1) is 11.8 Å². The number of benzene rings is 1. The number of hydrogen-bond acceptors (Lipinski definition) is 3. The molecule has 104 valence electrons. The molecule has 1 unspecified atom stereocenters. The van der Waals surface area contributed by atoms with Gasteiger partial charge in [-0.2, -0.15) is 13.2 Å². The average molecular weight is 291 g/mol. The Morgan fingerprint density at radius 2 is 2.05 bits per heavy atom. The van der Waals surface area contributed by atoms with Gasteiger partial charge in [0.25, 0.3) is 0 Å². The Hall–Kier alpha value is -1.21. The molecule has 0 radical (unpaired) electrons. The third-order valence-corrected chi connectivity index (χ3v) is 4.08. The van der Waals surface area contributed by atoms with Crippen LogP contribution < -0.4 is 0 Å². The van der Waals surface area contributed by atoms with Gasteiger partial charge < -0.3 is 10.0 Å². The zero-order valence-corrected chi connectivity index (χ0v) is 10.7. The summed E-state index contributed by atoms with van der Waals surface area (Å²) in [6.45, 7) is -0.223. The van der Waals surface area contributed by atoms with E-state index in [-0.39, 0.29) is 30.4 Å². The van der Waals surface area contributed by atoms with Crippen LogP contribution in [0.3, 0.4) is 0 Å². The largest absolute Gasteiger partial charge is 0.416 e. The third-order valence-electron chi connectivity index (χ3n) is 2.84. The van der Waals surface area contributed by atoms with Gasteiger partial charge in [0.2, 0.25) is 5.91 Å². The third kappa shape index (κ3) is 2.87. The minimum Gasteiger partial charge on any atom is -0.395 e. The second-order valence-electron chi connectivity index (χ2n) is 4.06. The van der Waals surface area contributed by atoms with Crippen molar-refractivity contribution in [3.63, 3.8) is 0 Å². The van der Waals surface area contributed by atoms with Crippen molar-refractivity contribution in [3.8, 4) is 0 Å². The van der Waals surface area contributed by atoms with E-state index in [4.69, 9.17) is 5.11 Å². The minimum absolute atomic E-state index is 0.0443. The van der Waals surface area contributed by atoms with Crippen molar-refractivity contribution in [3.05, 3.63) is 35.4 Å². The molecule has 0 spiro atoms. The average Bonchev–Trinajstić information content (AvgIpc) is 2.71. The second-order valence-corrected chi connectivity index (χ2v) is 5.13. The quantitative estimate of drug-likeness (QED) is 0.929. The molecule has 1 aromatic rings. The first-order valence-electron chi connectivity index (χ1n) is 5.63. The van der Waals surface area contributed by atoms with Gasteiger partial charge in [-0.3, -0.25) is 4.79 Å². The summed E-state index contributed by atoms with van der Waals surface area (Å²) >= 11 is 1.15. The summed E-state index contributed by atoms with van der Waals surface area (Å²) in [7, 11) is 0. The summed E-state index contributed by atoms with van der Waals surface area (Å²) in [6.07, 6.45) is -4.45. The highest BCUT2D eigenvalue weighted by atomic mass is 32.2. The van der Waals surface area contributed by atoms with Crippen molar-refractivity contribution in [2.24, 2.45) is 0 Å². The zero-order chi connectivity index (χ0) is 14.0. The Morgan fingerprint density at radius 3 is 2.68 bits per heavy atom. The normalized spacial score (nSPS) is 20.1. The first-order chi connectivity index (χ1) is 8.95. The molecule has 1 aliphatic rings. The van der Waals surface area contributed by atoms with E-state index in [1.807, 2.05) is 0 Å². The molecular formula is C12H12F3NO2S. The standard InChI is InChI=1S/C12H12F3NO2S/c13-12(14,15)9-4-2-1-3-8(9)11-16(5-6-17)10(18)7-19-11/h1-4,11,17H,5-7H2. The van der Waals surface area contributed by atoms with Crippen molar-refractivity contribution >= 4 is 17.7 Å². The molecule has 1 fully saturated rings. The maximum atomic E-state index is 12.9. The number of carbonyl (C=O) groups excluding carboxylic acids is 1. The van der Waals surface area contributed by atoms with Gasteiger partial charge in [0.05, 0.1) is 17.9 Å².